The molecule has 18 heavy (non-hydrogen) atoms. The summed E-state index contributed by atoms with van der Waals surface area (Å²) < 4.78 is 26.8. The van der Waals surface area contributed by atoms with Crippen molar-refractivity contribution in [1.82, 2.24) is 4.31 Å². The van der Waals surface area contributed by atoms with E-state index in [1.54, 1.807) is 28.6 Å². The van der Waals surface area contributed by atoms with Gasteiger partial charge in [-0.25, -0.2) is 8.42 Å². The molecule has 1 aromatic carbocycles. The van der Waals surface area contributed by atoms with Gasteiger partial charge in [-0.2, -0.15) is 4.31 Å². The van der Waals surface area contributed by atoms with Crippen LogP contribution in [-0.4, -0.2) is 25.3 Å². The quantitative estimate of drug-likeness (QED) is 0.832. The van der Waals surface area contributed by atoms with Crippen LogP contribution in [0, 0.1) is 5.92 Å². The predicted octanol–water partition coefficient (Wildman–Crippen LogP) is 2.08. The van der Waals surface area contributed by atoms with Gasteiger partial charge in [0.15, 0.2) is 0 Å². The Hall–Kier alpha value is -1.07. The molecule has 1 aromatic rings. The van der Waals surface area contributed by atoms with Crippen LogP contribution in [0.4, 0.5) is 5.69 Å². The Morgan fingerprint density at radius 1 is 1.33 bits per heavy atom. The van der Waals surface area contributed by atoms with Gasteiger partial charge in [-0.15, -0.1) is 0 Å². The zero-order valence-electron chi connectivity index (χ0n) is 10.8. The average Bonchev–Trinajstić information content (AvgIpc) is 3.09. The Balaban J connectivity index is 2.35. The first-order valence-corrected chi connectivity index (χ1v) is 7.73. The first kappa shape index (κ1) is 13.4. The number of benzene rings is 1. The molecule has 4 nitrogen and oxygen atoms in total. The van der Waals surface area contributed by atoms with Crippen molar-refractivity contribution in [3.8, 4) is 0 Å². The molecule has 2 N–H and O–H groups in total. The van der Waals surface area contributed by atoms with E-state index >= 15 is 0 Å². The fourth-order valence-corrected chi connectivity index (χ4v) is 3.81. The molecule has 0 bridgehead atoms. The zero-order chi connectivity index (χ0) is 13.3. The highest BCUT2D eigenvalue weighted by atomic mass is 32.2. The largest absolute Gasteiger partial charge is 0.398 e. The molecule has 0 aromatic heterocycles. The lowest BCUT2D eigenvalue weighted by Crippen LogP contribution is -2.38. The summed E-state index contributed by atoms with van der Waals surface area (Å²) in [6, 6.07) is 6.61. The van der Waals surface area contributed by atoms with Crippen molar-refractivity contribution >= 4 is 15.7 Å². The summed E-state index contributed by atoms with van der Waals surface area (Å²) in [5.41, 5.74) is 6.10. The van der Waals surface area contributed by atoms with Crippen LogP contribution in [0.1, 0.15) is 26.7 Å². The number of hydrogen-bond donors (Lipinski definition) is 1. The molecule has 5 heteroatoms. The van der Waals surface area contributed by atoms with Crippen LogP contribution in [0.3, 0.4) is 0 Å². The summed E-state index contributed by atoms with van der Waals surface area (Å²) >= 11 is 0. The highest BCUT2D eigenvalue weighted by Crippen LogP contribution is 2.33. The first-order valence-electron chi connectivity index (χ1n) is 6.29. The summed E-state index contributed by atoms with van der Waals surface area (Å²) in [5.74, 6) is 0.520. The molecule has 0 amide bonds. The summed E-state index contributed by atoms with van der Waals surface area (Å²) in [5, 5.41) is 0. The van der Waals surface area contributed by atoms with Crippen molar-refractivity contribution in [3.05, 3.63) is 24.3 Å². The van der Waals surface area contributed by atoms with Crippen LogP contribution in [-0.2, 0) is 10.0 Å². The monoisotopic (exact) mass is 268 g/mol. The van der Waals surface area contributed by atoms with Crippen molar-refractivity contribution in [2.75, 3.05) is 12.3 Å². The number of sulfonamides is 1. The van der Waals surface area contributed by atoms with Gasteiger partial charge in [-0.3, -0.25) is 0 Å². The molecule has 0 aliphatic heterocycles. The van der Waals surface area contributed by atoms with E-state index in [-0.39, 0.29) is 10.9 Å². The summed E-state index contributed by atoms with van der Waals surface area (Å²) in [6.45, 7) is 4.41. The highest BCUT2D eigenvalue weighted by molar-refractivity contribution is 7.89. The Kier molecular flexibility index (Phi) is 3.64. The van der Waals surface area contributed by atoms with E-state index in [9.17, 15) is 8.42 Å². The molecule has 1 saturated carbocycles. The number of nitrogen functional groups attached to an aromatic ring is 1. The van der Waals surface area contributed by atoms with E-state index in [4.69, 9.17) is 5.73 Å². The van der Waals surface area contributed by atoms with Crippen LogP contribution in [0.2, 0.25) is 0 Å². The van der Waals surface area contributed by atoms with Gasteiger partial charge in [-0.1, -0.05) is 12.1 Å². The minimum atomic E-state index is -3.48. The molecule has 100 valence electrons. The summed E-state index contributed by atoms with van der Waals surface area (Å²) in [7, 11) is -3.48. The van der Waals surface area contributed by atoms with Gasteiger partial charge in [0.25, 0.3) is 0 Å². The second kappa shape index (κ2) is 4.90. The van der Waals surface area contributed by atoms with Crippen LogP contribution in [0.25, 0.3) is 0 Å². The molecule has 1 aliphatic rings. The zero-order valence-corrected chi connectivity index (χ0v) is 11.7. The minimum Gasteiger partial charge on any atom is -0.398 e. The van der Waals surface area contributed by atoms with Crippen LogP contribution < -0.4 is 5.73 Å². The number of rotatable bonds is 5. The lowest BCUT2D eigenvalue weighted by Gasteiger charge is -2.26. The second-order valence-electron chi connectivity index (χ2n) is 5.15. The average molecular weight is 268 g/mol. The maximum atomic E-state index is 12.6. The van der Waals surface area contributed by atoms with Crippen molar-refractivity contribution in [2.24, 2.45) is 5.92 Å². The van der Waals surface area contributed by atoms with E-state index in [0.29, 0.717) is 18.2 Å². The van der Waals surface area contributed by atoms with E-state index in [2.05, 4.69) is 0 Å². The fourth-order valence-electron chi connectivity index (χ4n) is 1.98. The smallest absolute Gasteiger partial charge is 0.245 e. The molecular formula is C13H20N2O2S. The van der Waals surface area contributed by atoms with E-state index in [0.717, 1.165) is 12.8 Å². The maximum absolute atomic E-state index is 12.6. The summed E-state index contributed by atoms with van der Waals surface area (Å²) in [4.78, 5) is 0.222. The van der Waals surface area contributed by atoms with Gasteiger partial charge in [0.1, 0.15) is 4.90 Å². The number of para-hydroxylation sites is 1. The number of hydrogen-bond acceptors (Lipinski definition) is 3. The SMILES string of the molecule is CC(C)N(CC1CC1)S(=O)(=O)c1ccccc1N. The number of nitrogens with zero attached hydrogens (tertiary/aromatic N) is 1. The molecule has 0 spiro atoms. The van der Waals surface area contributed by atoms with Gasteiger partial charge >= 0.3 is 0 Å². The molecule has 2 rings (SSSR count). The molecule has 0 saturated heterocycles. The maximum Gasteiger partial charge on any atom is 0.245 e. The second-order valence-corrected chi connectivity index (χ2v) is 7.01. The molecule has 0 heterocycles. The van der Waals surface area contributed by atoms with E-state index in [1.807, 2.05) is 13.8 Å². The van der Waals surface area contributed by atoms with Crippen molar-refractivity contribution < 1.29 is 8.42 Å². The molecule has 1 fully saturated rings. The lowest BCUT2D eigenvalue weighted by atomic mass is 10.3. The summed E-state index contributed by atoms with van der Waals surface area (Å²) in [6.07, 6.45) is 2.26. The predicted molar refractivity (Wildman–Crippen MR) is 72.6 cm³/mol. The van der Waals surface area contributed by atoms with Gasteiger partial charge in [0, 0.05) is 12.6 Å². The standard InChI is InChI=1S/C13H20N2O2S/c1-10(2)15(9-11-7-8-11)18(16,17)13-6-4-3-5-12(13)14/h3-6,10-11H,7-9,14H2,1-2H3. The Morgan fingerprint density at radius 3 is 2.44 bits per heavy atom. The number of anilines is 1. The van der Waals surface area contributed by atoms with Crippen molar-refractivity contribution in [2.45, 2.75) is 37.6 Å². The third-order valence-corrected chi connectivity index (χ3v) is 5.33. The normalized spacial score (nSPS) is 16.4. The molecular weight excluding hydrogens is 248 g/mol. The van der Waals surface area contributed by atoms with Crippen LogP contribution in [0.15, 0.2) is 29.2 Å². The Morgan fingerprint density at radius 2 is 1.94 bits per heavy atom. The third kappa shape index (κ3) is 2.67. The van der Waals surface area contributed by atoms with Crippen LogP contribution in [0.5, 0.6) is 0 Å². The van der Waals surface area contributed by atoms with Gasteiger partial charge < -0.3 is 5.73 Å². The lowest BCUT2D eigenvalue weighted by molar-refractivity contribution is 0.342. The Bertz CT molecular complexity index is 522. The van der Waals surface area contributed by atoms with Crippen LogP contribution >= 0.6 is 0 Å². The number of nitrogens with two attached hydrogens (primary N) is 1. The van der Waals surface area contributed by atoms with Gasteiger partial charge in [-0.05, 0) is 44.7 Å². The molecule has 0 unspecified atom stereocenters. The van der Waals surface area contributed by atoms with Gasteiger partial charge in [0.05, 0.1) is 5.69 Å². The van der Waals surface area contributed by atoms with Gasteiger partial charge in [0.2, 0.25) is 10.0 Å². The Labute approximate surface area is 109 Å². The topological polar surface area (TPSA) is 63.4 Å². The van der Waals surface area contributed by atoms with Crippen molar-refractivity contribution in [3.63, 3.8) is 0 Å². The van der Waals surface area contributed by atoms with E-state index < -0.39 is 10.0 Å². The minimum absolute atomic E-state index is 0.0461. The molecule has 0 atom stereocenters. The first-order chi connectivity index (χ1) is 8.43. The molecule has 0 radical (unpaired) electrons. The highest BCUT2D eigenvalue weighted by Gasteiger charge is 2.34. The molecule has 1 aliphatic carbocycles. The van der Waals surface area contributed by atoms with Crippen molar-refractivity contribution in [1.29, 1.82) is 0 Å². The third-order valence-electron chi connectivity index (χ3n) is 3.22. The van der Waals surface area contributed by atoms with E-state index in [1.165, 1.54) is 0 Å². The fraction of sp³-hybridized carbons (Fsp3) is 0.538.